The van der Waals surface area contributed by atoms with Gasteiger partial charge in [0, 0.05) is 44.8 Å². The number of aryl methyl sites for hydroxylation is 2. The Balaban J connectivity index is 1.50. The third kappa shape index (κ3) is 4.85. The van der Waals surface area contributed by atoms with E-state index in [0.717, 1.165) is 55.7 Å². The minimum Gasteiger partial charge on any atom is -0.342 e. The van der Waals surface area contributed by atoms with Gasteiger partial charge in [0.15, 0.2) is 0 Å². The fraction of sp³-hybridized carbons (Fsp3) is 0.619. The van der Waals surface area contributed by atoms with Crippen molar-refractivity contribution < 1.29 is 9.59 Å². The number of nitrogens with zero attached hydrogens (tertiary/aromatic N) is 3. The summed E-state index contributed by atoms with van der Waals surface area (Å²) in [5, 5.41) is 0. The van der Waals surface area contributed by atoms with E-state index < -0.39 is 0 Å². The lowest BCUT2D eigenvalue weighted by atomic mass is 10.1. The van der Waals surface area contributed by atoms with Crippen LogP contribution in [0.1, 0.15) is 47.2 Å². The van der Waals surface area contributed by atoms with Crippen molar-refractivity contribution in [1.82, 2.24) is 14.7 Å². The van der Waals surface area contributed by atoms with Crippen molar-refractivity contribution in [3.63, 3.8) is 0 Å². The number of hydrogen-bond donors (Lipinski definition) is 0. The zero-order valence-corrected chi connectivity index (χ0v) is 16.2. The van der Waals surface area contributed by atoms with Gasteiger partial charge >= 0.3 is 0 Å². The largest absolute Gasteiger partial charge is 0.342 e. The van der Waals surface area contributed by atoms with Crippen LogP contribution in [-0.2, 0) is 4.79 Å². The monoisotopic (exact) mass is 357 g/mol. The van der Waals surface area contributed by atoms with Crippen LogP contribution < -0.4 is 0 Å². The number of carbonyl (C=O) groups is 2. The van der Waals surface area contributed by atoms with Crippen molar-refractivity contribution in [1.29, 1.82) is 0 Å². The van der Waals surface area contributed by atoms with Crippen LogP contribution in [0, 0.1) is 13.8 Å². The summed E-state index contributed by atoms with van der Waals surface area (Å²) < 4.78 is 0. The zero-order valence-electron chi connectivity index (χ0n) is 16.2. The summed E-state index contributed by atoms with van der Waals surface area (Å²) in [5.74, 6) is 0.358. The van der Waals surface area contributed by atoms with E-state index in [1.807, 2.05) is 35.8 Å². The molecule has 0 bridgehead atoms. The molecule has 5 nitrogen and oxygen atoms in total. The van der Waals surface area contributed by atoms with Gasteiger partial charge < -0.3 is 9.80 Å². The van der Waals surface area contributed by atoms with Crippen LogP contribution in [0.5, 0.6) is 0 Å². The molecule has 2 aliphatic heterocycles. The summed E-state index contributed by atoms with van der Waals surface area (Å²) in [6, 6.07) is 6.01. The van der Waals surface area contributed by atoms with Crippen LogP contribution >= 0.6 is 0 Å². The zero-order chi connectivity index (χ0) is 18.5. The number of carbonyl (C=O) groups excluding carboxylic acids is 2. The number of amides is 2. The number of piperazine rings is 1. The van der Waals surface area contributed by atoms with E-state index in [9.17, 15) is 9.59 Å². The molecule has 0 atom stereocenters. The van der Waals surface area contributed by atoms with E-state index in [1.54, 1.807) is 0 Å². The van der Waals surface area contributed by atoms with Crippen LogP contribution in [0.25, 0.3) is 0 Å². The minimum atomic E-state index is 0.107. The van der Waals surface area contributed by atoms with Crippen LogP contribution in [0.4, 0.5) is 0 Å². The topological polar surface area (TPSA) is 43.9 Å². The smallest absolute Gasteiger partial charge is 0.253 e. The summed E-state index contributed by atoms with van der Waals surface area (Å²) in [7, 11) is 0. The average Bonchev–Trinajstić information content (AvgIpc) is 2.90. The first kappa shape index (κ1) is 18.9. The Bertz CT molecular complexity index is 622. The molecule has 2 amide bonds. The van der Waals surface area contributed by atoms with Crippen molar-refractivity contribution in [2.45, 2.75) is 39.5 Å². The number of rotatable bonds is 3. The van der Waals surface area contributed by atoms with Crippen LogP contribution in [-0.4, -0.2) is 72.3 Å². The summed E-state index contributed by atoms with van der Waals surface area (Å²) >= 11 is 0. The fourth-order valence-corrected chi connectivity index (χ4v) is 4.00. The van der Waals surface area contributed by atoms with Gasteiger partial charge in [0.25, 0.3) is 5.91 Å². The number of benzene rings is 1. The van der Waals surface area contributed by atoms with Gasteiger partial charge in [0.1, 0.15) is 0 Å². The highest BCUT2D eigenvalue weighted by atomic mass is 16.2. The van der Waals surface area contributed by atoms with Gasteiger partial charge in [0.05, 0.1) is 6.54 Å². The Kier molecular flexibility index (Phi) is 6.30. The molecule has 1 aromatic rings. The highest BCUT2D eigenvalue weighted by molar-refractivity contribution is 5.94. The molecule has 0 radical (unpaired) electrons. The van der Waals surface area contributed by atoms with Gasteiger partial charge in [-0.05, 0) is 38.8 Å². The predicted octanol–water partition coefficient (Wildman–Crippen LogP) is 2.46. The standard InChI is InChI=1S/C21H31N3O2/c1-17-13-18(2)15-19(14-17)21(26)24-11-9-22(10-12-24)16-20(25)23-7-5-3-4-6-8-23/h13-15H,3-12,16H2,1-2H3. The third-order valence-electron chi connectivity index (χ3n) is 5.45. The Labute approximate surface area is 156 Å². The van der Waals surface area contributed by atoms with Gasteiger partial charge in [0.2, 0.25) is 5.91 Å². The Morgan fingerprint density at radius 1 is 0.769 bits per heavy atom. The molecule has 142 valence electrons. The van der Waals surface area contributed by atoms with E-state index in [0.29, 0.717) is 19.6 Å². The van der Waals surface area contributed by atoms with E-state index >= 15 is 0 Å². The van der Waals surface area contributed by atoms with Crippen LogP contribution in [0.2, 0.25) is 0 Å². The fourth-order valence-electron chi connectivity index (χ4n) is 4.00. The maximum absolute atomic E-state index is 12.8. The van der Waals surface area contributed by atoms with Gasteiger partial charge in [-0.3, -0.25) is 14.5 Å². The van der Waals surface area contributed by atoms with Crippen molar-refractivity contribution in [2.24, 2.45) is 0 Å². The summed E-state index contributed by atoms with van der Waals surface area (Å²) in [5.41, 5.74) is 3.02. The Morgan fingerprint density at radius 3 is 1.92 bits per heavy atom. The highest BCUT2D eigenvalue weighted by Crippen LogP contribution is 2.14. The lowest BCUT2D eigenvalue weighted by Crippen LogP contribution is -2.51. The van der Waals surface area contributed by atoms with Gasteiger partial charge in [-0.2, -0.15) is 0 Å². The summed E-state index contributed by atoms with van der Waals surface area (Å²) in [6.45, 7) is 9.29. The van der Waals surface area contributed by atoms with Crippen LogP contribution in [0.15, 0.2) is 18.2 Å². The van der Waals surface area contributed by atoms with Crippen molar-refractivity contribution >= 4 is 11.8 Å². The maximum Gasteiger partial charge on any atom is 0.253 e. The third-order valence-corrected chi connectivity index (χ3v) is 5.45. The van der Waals surface area contributed by atoms with E-state index in [4.69, 9.17) is 0 Å². The lowest BCUT2D eigenvalue weighted by Gasteiger charge is -2.35. The molecule has 1 aromatic carbocycles. The van der Waals surface area contributed by atoms with Crippen molar-refractivity contribution in [3.05, 3.63) is 34.9 Å². The van der Waals surface area contributed by atoms with E-state index in [1.165, 1.54) is 12.8 Å². The molecule has 0 spiro atoms. The molecule has 0 aliphatic carbocycles. The molecule has 0 N–H and O–H groups in total. The van der Waals surface area contributed by atoms with Gasteiger partial charge in [-0.25, -0.2) is 0 Å². The second-order valence-corrected chi connectivity index (χ2v) is 7.74. The number of likely N-dealkylation sites (tertiary alicyclic amines) is 1. The quantitative estimate of drug-likeness (QED) is 0.835. The normalized spacial score (nSPS) is 19.3. The van der Waals surface area contributed by atoms with Gasteiger partial charge in [-0.15, -0.1) is 0 Å². The van der Waals surface area contributed by atoms with E-state index in [-0.39, 0.29) is 11.8 Å². The average molecular weight is 357 g/mol. The molecule has 2 fully saturated rings. The molecule has 2 saturated heterocycles. The molecular weight excluding hydrogens is 326 g/mol. The molecule has 5 heteroatoms. The predicted molar refractivity (Wildman–Crippen MR) is 103 cm³/mol. The Hall–Kier alpha value is -1.88. The van der Waals surface area contributed by atoms with Crippen molar-refractivity contribution in [2.75, 3.05) is 45.8 Å². The summed E-state index contributed by atoms with van der Waals surface area (Å²) in [6.07, 6.45) is 4.74. The lowest BCUT2D eigenvalue weighted by molar-refractivity contribution is -0.132. The second-order valence-electron chi connectivity index (χ2n) is 7.74. The number of hydrogen-bond acceptors (Lipinski definition) is 3. The molecular formula is C21H31N3O2. The molecule has 26 heavy (non-hydrogen) atoms. The first-order chi connectivity index (χ1) is 12.5. The van der Waals surface area contributed by atoms with Crippen LogP contribution in [0.3, 0.4) is 0 Å². The molecule has 2 heterocycles. The molecule has 3 rings (SSSR count). The molecule has 2 aliphatic rings. The first-order valence-electron chi connectivity index (χ1n) is 9.90. The highest BCUT2D eigenvalue weighted by Gasteiger charge is 2.25. The second kappa shape index (κ2) is 8.67. The minimum absolute atomic E-state index is 0.107. The molecule has 0 aromatic heterocycles. The molecule has 0 saturated carbocycles. The maximum atomic E-state index is 12.8. The van der Waals surface area contributed by atoms with Gasteiger partial charge in [-0.1, -0.05) is 30.0 Å². The van der Waals surface area contributed by atoms with Crippen molar-refractivity contribution in [3.8, 4) is 0 Å². The molecule has 0 unspecified atom stereocenters. The van der Waals surface area contributed by atoms with E-state index in [2.05, 4.69) is 11.0 Å². The Morgan fingerprint density at radius 2 is 1.35 bits per heavy atom. The first-order valence-corrected chi connectivity index (χ1v) is 9.90. The summed E-state index contributed by atoms with van der Waals surface area (Å²) in [4.78, 5) is 31.4. The SMILES string of the molecule is Cc1cc(C)cc(C(=O)N2CCN(CC(=O)N3CCCCCC3)CC2)c1.